The smallest absolute Gasteiger partial charge is 0.257 e. The number of pyridine rings is 1. The van der Waals surface area contributed by atoms with E-state index < -0.39 is 0 Å². The van der Waals surface area contributed by atoms with Gasteiger partial charge in [0.25, 0.3) is 5.91 Å². The third kappa shape index (κ3) is 3.42. The van der Waals surface area contributed by atoms with E-state index in [9.17, 15) is 4.79 Å². The standard InChI is InChI=1S/C13H9BrCl2N2O2/c1-20-11-3-2-8(5-9(11)14)18-13(19)7-4-10(15)12(16)17-6-7/h2-6H,1H3,(H,18,19). The molecule has 0 unspecified atom stereocenters. The van der Waals surface area contributed by atoms with Crippen LogP contribution in [0.4, 0.5) is 5.69 Å². The molecule has 0 saturated carbocycles. The van der Waals surface area contributed by atoms with Gasteiger partial charge in [0, 0.05) is 11.9 Å². The molecule has 0 aliphatic rings. The number of carbonyl (C=O) groups is 1. The Morgan fingerprint density at radius 3 is 2.70 bits per heavy atom. The van der Waals surface area contributed by atoms with Gasteiger partial charge in [-0.05, 0) is 40.2 Å². The predicted molar refractivity (Wildman–Crippen MR) is 82.9 cm³/mol. The molecular weight excluding hydrogens is 367 g/mol. The van der Waals surface area contributed by atoms with E-state index >= 15 is 0 Å². The Bertz CT molecular complexity index is 665. The number of nitrogens with one attached hydrogen (secondary N) is 1. The summed E-state index contributed by atoms with van der Waals surface area (Å²) in [6.45, 7) is 0. The van der Waals surface area contributed by atoms with Gasteiger partial charge in [-0.25, -0.2) is 4.98 Å². The number of aromatic nitrogens is 1. The van der Waals surface area contributed by atoms with Crippen molar-refractivity contribution in [2.75, 3.05) is 12.4 Å². The van der Waals surface area contributed by atoms with Crippen LogP contribution >= 0.6 is 39.1 Å². The molecule has 0 radical (unpaired) electrons. The van der Waals surface area contributed by atoms with Gasteiger partial charge in [0.2, 0.25) is 0 Å². The molecule has 1 aromatic heterocycles. The quantitative estimate of drug-likeness (QED) is 0.808. The maximum atomic E-state index is 12.0. The minimum Gasteiger partial charge on any atom is -0.496 e. The first kappa shape index (κ1) is 15.1. The monoisotopic (exact) mass is 374 g/mol. The first-order valence-corrected chi connectivity index (χ1v) is 7.02. The largest absolute Gasteiger partial charge is 0.496 e. The lowest BCUT2D eigenvalue weighted by atomic mass is 10.2. The van der Waals surface area contributed by atoms with Crippen LogP contribution in [0, 0.1) is 0 Å². The Labute approximate surface area is 134 Å². The maximum Gasteiger partial charge on any atom is 0.257 e. The highest BCUT2D eigenvalue weighted by Crippen LogP contribution is 2.28. The SMILES string of the molecule is COc1ccc(NC(=O)c2cnc(Cl)c(Cl)c2)cc1Br. The molecule has 104 valence electrons. The van der Waals surface area contributed by atoms with E-state index in [1.807, 2.05) is 0 Å². The van der Waals surface area contributed by atoms with Crippen molar-refractivity contribution in [2.45, 2.75) is 0 Å². The lowest BCUT2D eigenvalue weighted by Gasteiger charge is -2.08. The van der Waals surface area contributed by atoms with E-state index in [1.54, 1.807) is 25.3 Å². The fourth-order valence-corrected chi connectivity index (χ4v) is 2.30. The number of ether oxygens (including phenoxy) is 1. The molecule has 0 spiro atoms. The number of hydrogen-bond acceptors (Lipinski definition) is 3. The van der Waals surface area contributed by atoms with Gasteiger partial charge >= 0.3 is 0 Å². The van der Waals surface area contributed by atoms with E-state index in [2.05, 4.69) is 26.2 Å². The number of methoxy groups -OCH3 is 1. The Hall–Kier alpha value is -1.30. The summed E-state index contributed by atoms with van der Waals surface area (Å²) >= 11 is 14.9. The zero-order valence-electron chi connectivity index (χ0n) is 10.3. The second kappa shape index (κ2) is 6.43. The van der Waals surface area contributed by atoms with Crippen LogP contribution in [0.15, 0.2) is 34.9 Å². The van der Waals surface area contributed by atoms with E-state index in [0.717, 1.165) is 4.47 Å². The molecule has 1 aromatic carbocycles. The van der Waals surface area contributed by atoms with Gasteiger partial charge in [0.05, 0.1) is 22.2 Å². The molecule has 7 heteroatoms. The van der Waals surface area contributed by atoms with Crippen LogP contribution in [0.25, 0.3) is 0 Å². The zero-order chi connectivity index (χ0) is 14.7. The van der Waals surface area contributed by atoms with E-state index in [1.165, 1.54) is 12.3 Å². The molecule has 0 fully saturated rings. The average Bonchev–Trinajstić information content (AvgIpc) is 2.42. The van der Waals surface area contributed by atoms with E-state index in [4.69, 9.17) is 27.9 Å². The fourth-order valence-electron chi connectivity index (χ4n) is 1.49. The Kier molecular flexibility index (Phi) is 4.86. The molecular formula is C13H9BrCl2N2O2. The lowest BCUT2D eigenvalue weighted by molar-refractivity contribution is 0.102. The van der Waals surface area contributed by atoms with Crippen molar-refractivity contribution in [1.29, 1.82) is 0 Å². The summed E-state index contributed by atoms with van der Waals surface area (Å²) in [6.07, 6.45) is 1.36. The number of hydrogen-bond donors (Lipinski definition) is 1. The van der Waals surface area contributed by atoms with Crippen molar-refractivity contribution < 1.29 is 9.53 Å². The van der Waals surface area contributed by atoms with Crippen LogP contribution in [0.3, 0.4) is 0 Å². The summed E-state index contributed by atoms with van der Waals surface area (Å²) in [4.78, 5) is 15.9. The lowest BCUT2D eigenvalue weighted by Crippen LogP contribution is -2.12. The zero-order valence-corrected chi connectivity index (χ0v) is 13.4. The van der Waals surface area contributed by atoms with Gasteiger partial charge in [0.1, 0.15) is 10.9 Å². The predicted octanol–water partition coefficient (Wildman–Crippen LogP) is 4.41. The number of amides is 1. The Balaban J connectivity index is 2.19. The molecule has 0 atom stereocenters. The van der Waals surface area contributed by atoms with Crippen LogP contribution < -0.4 is 10.1 Å². The summed E-state index contributed by atoms with van der Waals surface area (Å²) in [6, 6.07) is 6.67. The molecule has 0 bridgehead atoms. The van der Waals surface area contributed by atoms with Crippen molar-refractivity contribution in [3.63, 3.8) is 0 Å². The van der Waals surface area contributed by atoms with Crippen molar-refractivity contribution >= 4 is 50.7 Å². The molecule has 1 N–H and O–H groups in total. The van der Waals surface area contributed by atoms with Crippen LogP contribution in [-0.2, 0) is 0 Å². The summed E-state index contributed by atoms with van der Waals surface area (Å²) in [5, 5.41) is 3.12. The number of nitrogens with zero attached hydrogens (tertiary/aromatic N) is 1. The molecule has 0 saturated heterocycles. The molecule has 2 aromatic rings. The molecule has 1 amide bonds. The normalized spacial score (nSPS) is 10.2. The number of rotatable bonds is 3. The van der Waals surface area contributed by atoms with Crippen LogP contribution in [-0.4, -0.2) is 18.0 Å². The van der Waals surface area contributed by atoms with Gasteiger partial charge in [-0.15, -0.1) is 0 Å². The number of carbonyl (C=O) groups excluding carboxylic acids is 1. The molecule has 0 aliphatic carbocycles. The van der Waals surface area contributed by atoms with Crippen molar-refractivity contribution in [3.05, 3.63) is 50.7 Å². The highest BCUT2D eigenvalue weighted by atomic mass is 79.9. The third-order valence-electron chi connectivity index (χ3n) is 2.47. The highest BCUT2D eigenvalue weighted by molar-refractivity contribution is 9.10. The van der Waals surface area contributed by atoms with Crippen molar-refractivity contribution in [2.24, 2.45) is 0 Å². The Morgan fingerprint density at radius 2 is 2.10 bits per heavy atom. The fraction of sp³-hybridized carbons (Fsp3) is 0.0769. The second-order valence-corrected chi connectivity index (χ2v) is 5.42. The summed E-state index contributed by atoms with van der Waals surface area (Å²) in [5.41, 5.74) is 0.945. The average molecular weight is 376 g/mol. The van der Waals surface area contributed by atoms with Crippen molar-refractivity contribution in [1.82, 2.24) is 4.98 Å². The Morgan fingerprint density at radius 1 is 1.35 bits per heavy atom. The molecule has 0 aliphatic heterocycles. The summed E-state index contributed by atoms with van der Waals surface area (Å²) in [7, 11) is 1.57. The summed E-state index contributed by atoms with van der Waals surface area (Å²) < 4.78 is 5.86. The van der Waals surface area contributed by atoms with Gasteiger partial charge < -0.3 is 10.1 Å². The minimum atomic E-state index is -0.326. The molecule has 4 nitrogen and oxygen atoms in total. The number of halogens is 3. The van der Waals surface area contributed by atoms with Gasteiger partial charge in [-0.2, -0.15) is 0 Å². The van der Waals surface area contributed by atoms with Crippen LogP contribution in [0.2, 0.25) is 10.2 Å². The highest BCUT2D eigenvalue weighted by Gasteiger charge is 2.10. The van der Waals surface area contributed by atoms with Gasteiger partial charge in [-0.1, -0.05) is 23.2 Å². The van der Waals surface area contributed by atoms with Crippen molar-refractivity contribution in [3.8, 4) is 5.75 Å². The summed E-state index contributed by atoms with van der Waals surface area (Å²) in [5.74, 6) is 0.354. The maximum absolute atomic E-state index is 12.0. The van der Waals surface area contributed by atoms with Gasteiger partial charge in [0.15, 0.2) is 0 Å². The third-order valence-corrected chi connectivity index (χ3v) is 3.77. The molecule has 20 heavy (non-hydrogen) atoms. The van der Waals surface area contributed by atoms with E-state index in [0.29, 0.717) is 17.0 Å². The molecule has 2 rings (SSSR count). The van der Waals surface area contributed by atoms with Gasteiger partial charge in [-0.3, -0.25) is 4.79 Å². The van der Waals surface area contributed by atoms with Crippen LogP contribution in [0.1, 0.15) is 10.4 Å². The topological polar surface area (TPSA) is 51.2 Å². The first-order valence-electron chi connectivity index (χ1n) is 5.47. The number of benzene rings is 1. The second-order valence-electron chi connectivity index (χ2n) is 3.80. The first-order chi connectivity index (χ1) is 9.51. The number of anilines is 1. The minimum absolute atomic E-state index is 0.162. The molecule has 1 heterocycles. The van der Waals surface area contributed by atoms with Crippen LogP contribution in [0.5, 0.6) is 5.75 Å². The van der Waals surface area contributed by atoms with E-state index in [-0.39, 0.29) is 16.1 Å².